The first-order chi connectivity index (χ1) is 14.1. The van der Waals surface area contributed by atoms with E-state index in [1.54, 1.807) is 0 Å². The molecule has 4 nitrogen and oxygen atoms in total. The van der Waals surface area contributed by atoms with Gasteiger partial charge < -0.3 is 4.42 Å². The van der Waals surface area contributed by atoms with E-state index in [0.717, 1.165) is 27.8 Å². The minimum atomic E-state index is -0.624. The third kappa shape index (κ3) is 4.11. The molecule has 1 heterocycles. The fourth-order valence-corrected chi connectivity index (χ4v) is 3.03. The number of hydrogen-bond acceptors (Lipinski definition) is 4. The van der Waals surface area contributed by atoms with Gasteiger partial charge in [-0.05, 0) is 53.4 Å². The van der Waals surface area contributed by atoms with Gasteiger partial charge in [-0.15, -0.1) is 10.2 Å². The van der Waals surface area contributed by atoms with Crippen LogP contribution in [0.1, 0.15) is 16.7 Å². The molecule has 0 amide bonds. The fraction of sp³-hybridized carbons (Fsp3) is 0.0870. The van der Waals surface area contributed by atoms with Crippen LogP contribution in [0.15, 0.2) is 76.5 Å². The van der Waals surface area contributed by atoms with E-state index in [9.17, 15) is 8.78 Å². The second-order valence-electron chi connectivity index (χ2n) is 6.58. The van der Waals surface area contributed by atoms with Gasteiger partial charge in [0.05, 0.1) is 12.1 Å². The Morgan fingerprint density at radius 3 is 2.38 bits per heavy atom. The minimum absolute atomic E-state index is 0.127. The third-order valence-electron chi connectivity index (χ3n) is 4.60. The Labute approximate surface area is 166 Å². The number of aromatic nitrogens is 2. The van der Waals surface area contributed by atoms with Gasteiger partial charge in [-0.3, -0.25) is 4.99 Å². The summed E-state index contributed by atoms with van der Waals surface area (Å²) in [6.07, 6.45) is 2.54. The highest BCUT2D eigenvalue weighted by atomic mass is 19.1. The molecular weight excluding hydrogens is 372 g/mol. The van der Waals surface area contributed by atoms with Gasteiger partial charge in [-0.1, -0.05) is 36.4 Å². The van der Waals surface area contributed by atoms with E-state index < -0.39 is 11.6 Å². The smallest absolute Gasteiger partial charge is 0.247 e. The maximum Gasteiger partial charge on any atom is 0.247 e. The molecule has 144 valence electrons. The van der Waals surface area contributed by atoms with Gasteiger partial charge >= 0.3 is 0 Å². The molecule has 0 bridgehead atoms. The van der Waals surface area contributed by atoms with Crippen molar-refractivity contribution in [3.8, 4) is 22.6 Å². The summed E-state index contributed by atoms with van der Waals surface area (Å²) in [7, 11) is 0. The summed E-state index contributed by atoms with van der Waals surface area (Å²) in [5, 5.41) is 7.67. The maximum absolute atomic E-state index is 13.6. The van der Waals surface area contributed by atoms with Crippen LogP contribution in [0.2, 0.25) is 0 Å². The Hall–Kier alpha value is -3.67. The number of rotatable bonds is 5. The predicted octanol–water partition coefficient (Wildman–Crippen LogP) is 5.61. The second-order valence-corrected chi connectivity index (χ2v) is 6.58. The Balaban J connectivity index is 1.53. The van der Waals surface area contributed by atoms with Crippen LogP contribution < -0.4 is 0 Å². The third-order valence-corrected chi connectivity index (χ3v) is 4.60. The molecule has 0 aliphatic heterocycles. The summed E-state index contributed by atoms with van der Waals surface area (Å²) < 4.78 is 32.6. The van der Waals surface area contributed by atoms with E-state index >= 15 is 0 Å². The standard InChI is InChI=1S/C23H17F2N3O/c1-15-5-8-18(23-28-27-14-29-23)11-19(15)17-9-6-16(7-10-17)12-26-13-20-21(24)3-2-4-22(20)25/h2-11,13-14H,12H2,1H3. The van der Waals surface area contributed by atoms with Crippen molar-refractivity contribution < 1.29 is 13.2 Å². The minimum Gasteiger partial charge on any atom is -0.423 e. The van der Waals surface area contributed by atoms with E-state index in [-0.39, 0.29) is 5.56 Å². The average Bonchev–Trinajstić information content (AvgIpc) is 3.26. The number of nitrogens with zero attached hydrogens (tertiary/aromatic N) is 3. The van der Waals surface area contributed by atoms with Crippen molar-refractivity contribution in [1.29, 1.82) is 0 Å². The zero-order valence-corrected chi connectivity index (χ0v) is 15.6. The molecule has 0 aliphatic rings. The lowest BCUT2D eigenvalue weighted by molar-refractivity contribution is 0.568. The molecule has 0 unspecified atom stereocenters. The quantitative estimate of drug-likeness (QED) is 0.417. The highest BCUT2D eigenvalue weighted by Crippen LogP contribution is 2.28. The summed E-state index contributed by atoms with van der Waals surface area (Å²) in [4.78, 5) is 4.17. The molecule has 0 N–H and O–H groups in total. The van der Waals surface area contributed by atoms with Crippen LogP contribution >= 0.6 is 0 Å². The molecule has 0 atom stereocenters. The van der Waals surface area contributed by atoms with Gasteiger partial charge in [0.1, 0.15) is 11.6 Å². The van der Waals surface area contributed by atoms with Gasteiger partial charge in [-0.2, -0.15) is 0 Å². The molecule has 0 saturated heterocycles. The van der Waals surface area contributed by atoms with E-state index in [4.69, 9.17) is 4.42 Å². The summed E-state index contributed by atoms with van der Waals surface area (Å²) in [5.74, 6) is -0.779. The van der Waals surface area contributed by atoms with Crippen molar-refractivity contribution in [1.82, 2.24) is 10.2 Å². The largest absolute Gasteiger partial charge is 0.423 e. The first-order valence-corrected chi connectivity index (χ1v) is 9.02. The zero-order valence-electron chi connectivity index (χ0n) is 15.6. The lowest BCUT2D eigenvalue weighted by Gasteiger charge is -2.08. The van der Waals surface area contributed by atoms with Crippen LogP contribution in [0.5, 0.6) is 0 Å². The number of aliphatic imine (C=N–C) groups is 1. The molecular formula is C23H17F2N3O. The van der Waals surface area contributed by atoms with Crippen LogP contribution in [0.4, 0.5) is 8.78 Å². The number of aryl methyl sites for hydroxylation is 1. The Morgan fingerprint density at radius 1 is 0.966 bits per heavy atom. The van der Waals surface area contributed by atoms with Crippen molar-refractivity contribution in [2.24, 2.45) is 4.99 Å². The highest BCUT2D eigenvalue weighted by molar-refractivity contribution is 5.80. The molecule has 0 saturated carbocycles. The molecule has 3 aromatic carbocycles. The molecule has 6 heteroatoms. The predicted molar refractivity (Wildman–Crippen MR) is 108 cm³/mol. The molecule has 0 radical (unpaired) electrons. The molecule has 0 spiro atoms. The molecule has 1 aromatic heterocycles. The van der Waals surface area contributed by atoms with Gasteiger partial charge in [0.2, 0.25) is 12.3 Å². The first-order valence-electron chi connectivity index (χ1n) is 9.02. The van der Waals surface area contributed by atoms with Crippen LogP contribution in [0.25, 0.3) is 22.6 Å². The van der Waals surface area contributed by atoms with E-state index in [0.29, 0.717) is 12.4 Å². The Morgan fingerprint density at radius 2 is 1.69 bits per heavy atom. The fourth-order valence-electron chi connectivity index (χ4n) is 3.03. The van der Waals surface area contributed by atoms with E-state index in [1.807, 2.05) is 49.4 Å². The van der Waals surface area contributed by atoms with Crippen molar-refractivity contribution in [3.63, 3.8) is 0 Å². The van der Waals surface area contributed by atoms with Crippen molar-refractivity contribution in [2.45, 2.75) is 13.5 Å². The van der Waals surface area contributed by atoms with Crippen LogP contribution in [0.3, 0.4) is 0 Å². The maximum atomic E-state index is 13.6. The van der Waals surface area contributed by atoms with Crippen LogP contribution in [0, 0.1) is 18.6 Å². The lowest BCUT2D eigenvalue weighted by atomic mass is 9.97. The highest BCUT2D eigenvalue weighted by Gasteiger charge is 2.09. The number of benzene rings is 3. The van der Waals surface area contributed by atoms with Gasteiger partial charge in [0, 0.05) is 11.8 Å². The molecule has 0 fully saturated rings. The van der Waals surface area contributed by atoms with Crippen molar-refractivity contribution in [3.05, 3.63) is 95.4 Å². The van der Waals surface area contributed by atoms with Crippen LogP contribution in [-0.2, 0) is 6.54 Å². The second kappa shape index (κ2) is 8.14. The van der Waals surface area contributed by atoms with Crippen molar-refractivity contribution >= 4 is 6.21 Å². The first kappa shape index (κ1) is 18.7. The molecule has 29 heavy (non-hydrogen) atoms. The number of halogens is 2. The summed E-state index contributed by atoms with van der Waals surface area (Å²) >= 11 is 0. The summed E-state index contributed by atoms with van der Waals surface area (Å²) in [6, 6.07) is 17.6. The Kier molecular flexibility index (Phi) is 5.24. The van der Waals surface area contributed by atoms with Gasteiger partial charge in [-0.25, -0.2) is 8.78 Å². The monoisotopic (exact) mass is 389 g/mol. The summed E-state index contributed by atoms with van der Waals surface area (Å²) in [5.41, 5.74) is 4.88. The SMILES string of the molecule is Cc1ccc(-c2nnco2)cc1-c1ccc(CN=Cc2c(F)cccc2F)cc1. The zero-order chi connectivity index (χ0) is 20.2. The van der Waals surface area contributed by atoms with Gasteiger partial charge in [0.25, 0.3) is 0 Å². The van der Waals surface area contributed by atoms with Gasteiger partial charge in [0.15, 0.2) is 0 Å². The average molecular weight is 389 g/mol. The molecule has 4 aromatic rings. The van der Waals surface area contributed by atoms with Crippen molar-refractivity contribution in [2.75, 3.05) is 0 Å². The van der Waals surface area contributed by atoms with Crippen LogP contribution in [-0.4, -0.2) is 16.4 Å². The molecule has 0 aliphatic carbocycles. The topological polar surface area (TPSA) is 51.3 Å². The lowest BCUT2D eigenvalue weighted by Crippen LogP contribution is -1.94. The Bertz CT molecular complexity index is 1130. The normalized spacial score (nSPS) is 11.3. The van der Waals surface area contributed by atoms with E-state index in [2.05, 4.69) is 15.2 Å². The summed E-state index contributed by atoms with van der Waals surface area (Å²) in [6.45, 7) is 2.36. The number of hydrogen-bond donors (Lipinski definition) is 0. The van der Waals surface area contributed by atoms with E-state index in [1.165, 1.54) is 30.8 Å². The molecule has 4 rings (SSSR count).